The fraction of sp³-hybridized carbons (Fsp3) is 0.300. The van der Waals surface area contributed by atoms with E-state index in [-0.39, 0.29) is 5.69 Å². The molecule has 1 aromatic carbocycles. The second kappa shape index (κ2) is 3.48. The van der Waals surface area contributed by atoms with E-state index in [1.165, 1.54) is 13.1 Å². The van der Waals surface area contributed by atoms with Crippen LogP contribution >= 0.6 is 0 Å². The Kier molecular flexibility index (Phi) is 2.38. The summed E-state index contributed by atoms with van der Waals surface area (Å²) in [5, 5.41) is 13.5. The molecular formula is C10H9F3N2O. The van der Waals surface area contributed by atoms with Gasteiger partial charge in [-0.05, 0) is 6.07 Å². The summed E-state index contributed by atoms with van der Waals surface area (Å²) in [4.78, 5) is 0. The lowest BCUT2D eigenvalue weighted by atomic mass is 10.1. The van der Waals surface area contributed by atoms with Gasteiger partial charge in [0.2, 0.25) is 0 Å². The largest absolute Gasteiger partial charge is 0.420 e. The first-order valence-corrected chi connectivity index (χ1v) is 4.57. The van der Waals surface area contributed by atoms with Crippen LogP contribution in [0.2, 0.25) is 0 Å². The lowest BCUT2D eigenvalue weighted by Crippen LogP contribution is -2.22. The van der Waals surface area contributed by atoms with E-state index in [1.54, 1.807) is 18.2 Å². The van der Waals surface area contributed by atoms with Crippen molar-refractivity contribution in [3.63, 3.8) is 0 Å². The van der Waals surface area contributed by atoms with E-state index in [9.17, 15) is 18.3 Å². The van der Waals surface area contributed by atoms with Crippen molar-refractivity contribution in [2.45, 2.75) is 12.3 Å². The molecule has 1 N–H and O–H groups in total. The van der Waals surface area contributed by atoms with Crippen LogP contribution in [0.1, 0.15) is 11.8 Å². The Morgan fingerprint density at radius 2 is 1.94 bits per heavy atom. The van der Waals surface area contributed by atoms with Gasteiger partial charge in [-0.25, -0.2) is 0 Å². The predicted molar refractivity (Wildman–Crippen MR) is 51.7 cm³/mol. The van der Waals surface area contributed by atoms with Crippen LogP contribution in [0.25, 0.3) is 10.9 Å². The van der Waals surface area contributed by atoms with Gasteiger partial charge >= 0.3 is 6.18 Å². The summed E-state index contributed by atoms with van der Waals surface area (Å²) < 4.78 is 38.3. The molecule has 16 heavy (non-hydrogen) atoms. The van der Waals surface area contributed by atoms with Crippen molar-refractivity contribution in [1.82, 2.24) is 9.78 Å². The first kappa shape index (κ1) is 10.9. The number of fused-ring (bicyclic) bond motifs is 1. The van der Waals surface area contributed by atoms with Crippen molar-refractivity contribution in [1.29, 1.82) is 0 Å². The molecule has 0 amide bonds. The molecule has 2 aromatic rings. The molecule has 0 spiro atoms. The highest BCUT2D eigenvalue weighted by atomic mass is 19.4. The first-order chi connectivity index (χ1) is 7.41. The number of aryl methyl sites for hydroxylation is 1. The fourth-order valence-corrected chi connectivity index (χ4v) is 1.65. The number of hydrogen-bond acceptors (Lipinski definition) is 2. The Morgan fingerprint density at radius 3 is 2.56 bits per heavy atom. The molecule has 0 fully saturated rings. The molecule has 3 nitrogen and oxygen atoms in total. The number of aliphatic hydroxyl groups is 1. The van der Waals surface area contributed by atoms with Gasteiger partial charge in [0.1, 0.15) is 0 Å². The molecule has 1 heterocycles. The number of rotatable bonds is 1. The second-order valence-electron chi connectivity index (χ2n) is 3.47. The van der Waals surface area contributed by atoms with Crippen LogP contribution in [-0.4, -0.2) is 21.1 Å². The zero-order valence-electron chi connectivity index (χ0n) is 8.36. The number of alkyl halides is 3. The quantitative estimate of drug-likeness (QED) is 0.815. The Bertz CT molecular complexity index is 518. The van der Waals surface area contributed by atoms with Crippen molar-refractivity contribution in [2.75, 3.05) is 0 Å². The zero-order chi connectivity index (χ0) is 11.9. The molecule has 0 radical (unpaired) electrons. The highest BCUT2D eigenvalue weighted by molar-refractivity contribution is 5.81. The molecule has 0 bridgehead atoms. The van der Waals surface area contributed by atoms with Crippen LogP contribution in [0.3, 0.4) is 0 Å². The average molecular weight is 230 g/mol. The lowest BCUT2D eigenvalue weighted by molar-refractivity contribution is -0.208. The smallest absolute Gasteiger partial charge is 0.378 e. The Labute approximate surface area is 89.1 Å². The second-order valence-corrected chi connectivity index (χ2v) is 3.47. The summed E-state index contributed by atoms with van der Waals surface area (Å²) in [5.41, 5.74) is 0.200. The highest BCUT2D eigenvalue weighted by Gasteiger charge is 2.42. The zero-order valence-corrected chi connectivity index (χ0v) is 8.36. The van der Waals surface area contributed by atoms with Crippen LogP contribution in [0.15, 0.2) is 24.3 Å². The SMILES string of the molecule is Cn1nc2ccccc2c1[C@@H](O)C(F)(F)F. The maximum absolute atomic E-state index is 12.4. The number of hydrogen-bond donors (Lipinski definition) is 1. The number of benzene rings is 1. The minimum absolute atomic E-state index is 0.233. The van der Waals surface area contributed by atoms with E-state index in [0.29, 0.717) is 10.9 Å². The van der Waals surface area contributed by atoms with Gasteiger partial charge in [0.25, 0.3) is 0 Å². The van der Waals surface area contributed by atoms with Gasteiger partial charge in [0.05, 0.1) is 11.2 Å². The molecular weight excluding hydrogens is 221 g/mol. The van der Waals surface area contributed by atoms with Crippen molar-refractivity contribution in [3.05, 3.63) is 30.0 Å². The third-order valence-corrected chi connectivity index (χ3v) is 2.36. The van der Waals surface area contributed by atoms with E-state index in [4.69, 9.17) is 0 Å². The summed E-state index contributed by atoms with van der Waals surface area (Å²) >= 11 is 0. The average Bonchev–Trinajstić information content (AvgIpc) is 2.51. The topological polar surface area (TPSA) is 38.0 Å². The number of halogens is 3. The Morgan fingerprint density at radius 1 is 1.31 bits per heavy atom. The summed E-state index contributed by atoms with van der Waals surface area (Å²) in [7, 11) is 1.38. The van der Waals surface area contributed by atoms with E-state index >= 15 is 0 Å². The predicted octanol–water partition coefficient (Wildman–Crippen LogP) is 2.17. The Balaban J connectivity index is 2.64. The van der Waals surface area contributed by atoms with Gasteiger partial charge in [0, 0.05) is 12.4 Å². The molecule has 0 saturated heterocycles. The van der Waals surface area contributed by atoms with Crippen LogP contribution < -0.4 is 0 Å². The van der Waals surface area contributed by atoms with Gasteiger partial charge in [-0.3, -0.25) is 4.68 Å². The van der Waals surface area contributed by atoms with Gasteiger partial charge in [-0.1, -0.05) is 18.2 Å². The highest BCUT2D eigenvalue weighted by Crippen LogP contribution is 2.35. The standard InChI is InChI=1S/C10H9F3N2O/c1-15-8(9(16)10(11,12)13)6-4-2-3-5-7(6)14-15/h2-5,9,16H,1H3/t9-/m1/s1. The number of aromatic nitrogens is 2. The van der Waals surface area contributed by atoms with E-state index in [0.717, 1.165) is 4.68 Å². The molecule has 6 heteroatoms. The molecule has 1 aromatic heterocycles. The summed E-state index contributed by atoms with van der Waals surface area (Å²) in [6.45, 7) is 0. The monoisotopic (exact) mass is 230 g/mol. The van der Waals surface area contributed by atoms with Gasteiger partial charge in [0.15, 0.2) is 6.10 Å². The molecule has 0 unspecified atom stereocenters. The normalized spacial score (nSPS) is 14.3. The van der Waals surface area contributed by atoms with E-state index in [1.807, 2.05) is 0 Å². The van der Waals surface area contributed by atoms with Crippen LogP contribution in [0.5, 0.6) is 0 Å². The van der Waals surface area contributed by atoms with Gasteiger partial charge in [-0.2, -0.15) is 18.3 Å². The fourth-order valence-electron chi connectivity index (χ4n) is 1.65. The van der Waals surface area contributed by atoms with Gasteiger partial charge in [-0.15, -0.1) is 0 Å². The van der Waals surface area contributed by atoms with Crippen LogP contribution in [-0.2, 0) is 7.05 Å². The number of nitrogens with zero attached hydrogens (tertiary/aromatic N) is 2. The van der Waals surface area contributed by atoms with Crippen LogP contribution in [0.4, 0.5) is 13.2 Å². The maximum Gasteiger partial charge on any atom is 0.420 e. The minimum atomic E-state index is -4.68. The minimum Gasteiger partial charge on any atom is -0.378 e. The molecule has 0 aliphatic rings. The molecule has 1 atom stereocenters. The summed E-state index contributed by atoms with van der Waals surface area (Å²) in [6.07, 6.45) is -7.19. The van der Waals surface area contributed by atoms with Crippen molar-refractivity contribution in [3.8, 4) is 0 Å². The molecule has 86 valence electrons. The van der Waals surface area contributed by atoms with E-state index < -0.39 is 12.3 Å². The Hall–Kier alpha value is -1.56. The first-order valence-electron chi connectivity index (χ1n) is 4.57. The molecule has 2 rings (SSSR count). The molecule has 0 saturated carbocycles. The van der Waals surface area contributed by atoms with Crippen LogP contribution in [0, 0.1) is 0 Å². The van der Waals surface area contributed by atoms with Crippen molar-refractivity contribution < 1.29 is 18.3 Å². The molecule has 0 aliphatic carbocycles. The molecule has 0 aliphatic heterocycles. The third-order valence-electron chi connectivity index (χ3n) is 2.36. The van der Waals surface area contributed by atoms with Gasteiger partial charge < -0.3 is 5.11 Å². The lowest BCUT2D eigenvalue weighted by Gasteiger charge is -2.14. The van der Waals surface area contributed by atoms with E-state index in [2.05, 4.69) is 5.10 Å². The summed E-state index contributed by atoms with van der Waals surface area (Å²) in [5.74, 6) is 0. The van der Waals surface area contributed by atoms with Crippen molar-refractivity contribution in [2.24, 2.45) is 7.05 Å². The summed E-state index contributed by atoms with van der Waals surface area (Å²) in [6, 6.07) is 6.39. The maximum atomic E-state index is 12.4. The number of aliphatic hydroxyl groups excluding tert-OH is 1. The van der Waals surface area contributed by atoms with Crippen molar-refractivity contribution >= 4 is 10.9 Å². The third kappa shape index (κ3) is 1.65.